The van der Waals surface area contributed by atoms with Crippen molar-refractivity contribution in [3.05, 3.63) is 23.3 Å². The summed E-state index contributed by atoms with van der Waals surface area (Å²) in [5, 5.41) is 0. The summed E-state index contributed by atoms with van der Waals surface area (Å²) in [6, 6.07) is 0. The van der Waals surface area contributed by atoms with E-state index in [4.69, 9.17) is 4.74 Å². The van der Waals surface area contributed by atoms with Gasteiger partial charge in [0, 0.05) is 13.2 Å². The van der Waals surface area contributed by atoms with Gasteiger partial charge in [-0.05, 0) is 113 Å². The van der Waals surface area contributed by atoms with Crippen LogP contribution >= 0.6 is 0 Å². The standard InChI is InChI=1S/C46H82O/c1-3-13-39-21-25-41(26-22-39)15-5-7-17-43-29-33-45(34-30-43)19-9-11-37-47-38-12-10-20-46-35-31-44(32-36-46)18-8-6-16-42-27-23-40(14-4-2)24-28-42/h33,35,39-44H,3-32,34,36-38H2,1-2H3. The van der Waals surface area contributed by atoms with Crippen molar-refractivity contribution in [1.29, 1.82) is 0 Å². The van der Waals surface area contributed by atoms with Crippen LogP contribution < -0.4 is 0 Å². The van der Waals surface area contributed by atoms with Crippen molar-refractivity contribution >= 4 is 0 Å². The van der Waals surface area contributed by atoms with Crippen molar-refractivity contribution in [2.45, 2.75) is 219 Å². The SMILES string of the molecule is CCCC1CCC(CCCCC2CC=C(CCCCOCCCCC3=CCC(CCCCC4CCC(CCC)CC4)CC3)CC2)CC1. The quantitative estimate of drug-likeness (QED) is 0.0746. The molecule has 4 aliphatic carbocycles. The van der Waals surface area contributed by atoms with Crippen LogP contribution in [-0.2, 0) is 4.74 Å². The average molecular weight is 651 g/mol. The molecule has 2 atom stereocenters. The maximum absolute atomic E-state index is 6.04. The smallest absolute Gasteiger partial charge is 0.0466 e. The predicted molar refractivity (Wildman–Crippen MR) is 207 cm³/mol. The Balaban J connectivity index is 0.887. The van der Waals surface area contributed by atoms with Gasteiger partial charge in [0.2, 0.25) is 0 Å². The van der Waals surface area contributed by atoms with Crippen LogP contribution in [0.25, 0.3) is 0 Å². The summed E-state index contributed by atoms with van der Waals surface area (Å²) >= 11 is 0. The molecule has 2 unspecified atom stereocenters. The molecule has 4 rings (SSSR count). The number of unbranched alkanes of at least 4 members (excludes halogenated alkanes) is 4. The highest BCUT2D eigenvalue weighted by Gasteiger charge is 2.22. The molecule has 0 spiro atoms. The van der Waals surface area contributed by atoms with Crippen molar-refractivity contribution in [2.24, 2.45) is 35.5 Å². The van der Waals surface area contributed by atoms with Crippen molar-refractivity contribution in [1.82, 2.24) is 0 Å². The molecule has 0 saturated heterocycles. The van der Waals surface area contributed by atoms with Crippen LogP contribution in [0.15, 0.2) is 23.3 Å². The molecule has 0 bridgehead atoms. The Morgan fingerprint density at radius 3 is 1.13 bits per heavy atom. The Morgan fingerprint density at radius 2 is 0.787 bits per heavy atom. The second-order valence-electron chi connectivity index (χ2n) is 17.5. The summed E-state index contributed by atoms with van der Waals surface area (Å²) in [6.07, 6.45) is 51.4. The molecule has 1 nitrogen and oxygen atoms in total. The van der Waals surface area contributed by atoms with Gasteiger partial charge in [0.05, 0.1) is 0 Å². The van der Waals surface area contributed by atoms with Crippen LogP contribution in [0.4, 0.5) is 0 Å². The third kappa shape index (κ3) is 16.8. The molecule has 0 radical (unpaired) electrons. The summed E-state index contributed by atoms with van der Waals surface area (Å²) in [7, 11) is 0. The number of hydrogen-bond acceptors (Lipinski definition) is 1. The lowest BCUT2D eigenvalue weighted by Crippen LogP contribution is -2.14. The highest BCUT2D eigenvalue weighted by atomic mass is 16.5. The summed E-state index contributed by atoms with van der Waals surface area (Å²) in [6.45, 7) is 6.66. The maximum Gasteiger partial charge on any atom is 0.0466 e. The fourth-order valence-electron chi connectivity index (χ4n) is 10.2. The first-order valence-corrected chi connectivity index (χ1v) is 22.1. The Hall–Kier alpha value is -0.560. The highest BCUT2D eigenvalue weighted by molar-refractivity contribution is 5.07. The molecule has 0 N–H and O–H groups in total. The summed E-state index contributed by atoms with van der Waals surface area (Å²) < 4.78 is 6.04. The highest BCUT2D eigenvalue weighted by Crippen LogP contribution is 2.37. The Labute approximate surface area is 295 Å². The largest absolute Gasteiger partial charge is 0.381 e. The van der Waals surface area contributed by atoms with Gasteiger partial charge in [0.1, 0.15) is 0 Å². The minimum absolute atomic E-state index is 0.973. The van der Waals surface area contributed by atoms with Crippen LogP contribution in [-0.4, -0.2) is 13.2 Å². The van der Waals surface area contributed by atoms with E-state index in [2.05, 4.69) is 26.0 Å². The molecular formula is C46H82O. The lowest BCUT2D eigenvalue weighted by atomic mass is 9.78. The number of rotatable bonds is 24. The van der Waals surface area contributed by atoms with Gasteiger partial charge < -0.3 is 4.74 Å². The van der Waals surface area contributed by atoms with Crippen LogP contribution in [0.2, 0.25) is 0 Å². The normalized spacial score (nSPS) is 28.6. The zero-order valence-corrected chi connectivity index (χ0v) is 32.1. The third-order valence-electron chi connectivity index (χ3n) is 13.6. The van der Waals surface area contributed by atoms with E-state index in [1.165, 1.54) is 205 Å². The maximum atomic E-state index is 6.04. The molecule has 0 aliphatic heterocycles. The number of allylic oxidation sites excluding steroid dienone is 4. The van der Waals surface area contributed by atoms with E-state index in [9.17, 15) is 0 Å². The van der Waals surface area contributed by atoms with Crippen molar-refractivity contribution in [3.63, 3.8) is 0 Å². The third-order valence-corrected chi connectivity index (χ3v) is 13.6. The summed E-state index contributed by atoms with van der Waals surface area (Å²) in [5.41, 5.74) is 3.51. The van der Waals surface area contributed by atoms with Crippen molar-refractivity contribution < 1.29 is 4.74 Å². The van der Waals surface area contributed by atoms with Crippen LogP contribution in [0.1, 0.15) is 219 Å². The second kappa shape index (κ2) is 24.6. The van der Waals surface area contributed by atoms with Crippen molar-refractivity contribution in [3.8, 4) is 0 Å². The van der Waals surface area contributed by atoms with Gasteiger partial charge in [-0.3, -0.25) is 0 Å². The van der Waals surface area contributed by atoms with E-state index in [0.29, 0.717) is 0 Å². The molecule has 0 aromatic carbocycles. The molecule has 1 heteroatoms. The van der Waals surface area contributed by atoms with Crippen LogP contribution in [0.5, 0.6) is 0 Å². The topological polar surface area (TPSA) is 9.23 Å². The van der Waals surface area contributed by atoms with E-state index in [0.717, 1.165) is 48.7 Å². The molecular weight excluding hydrogens is 569 g/mol. The first kappa shape index (κ1) is 39.2. The molecule has 272 valence electrons. The molecule has 0 heterocycles. The van der Waals surface area contributed by atoms with E-state index in [-0.39, 0.29) is 0 Å². The monoisotopic (exact) mass is 651 g/mol. The lowest BCUT2D eigenvalue weighted by molar-refractivity contribution is 0.126. The average Bonchev–Trinajstić information content (AvgIpc) is 3.11. The molecule has 0 amide bonds. The molecule has 4 aliphatic rings. The van der Waals surface area contributed by atoms with Gasteiger partial charge in [-0.25, -0.2) is 0 Å². The lowest BCUT2D eigenvalue weighted by Gasteiger charge is -2.28. The van der Waals surface area contributed by atoms with Gasteiger partial charge in [-0.2, -0.15) is 0 Å². The van der Waals surface area contributed by atoms with Gasteiger partial charge >= 0.3 is 0 Å². The molecule has 0 aromatic heterocycles. The van der Waals surface area contributed by atoms with E-state index in [1.54, 1.807) is 11.1 Å². The first-order chi connectivity index (χ1) is 23.2. The summed E-state index contributed by atoms with van der Waals surface area (Å²) in [5.74, 6) is 6.21. The van der Waals surface area contributed by atoms with Gasteiger partial charge in [-0.15, -0.1) is 0 Å². The van der Waals surface area contributed by atoms with Gasteiger partial charge in [0.25, 0.3) is 0 Å². The summed E-state index contributed by atoms with van der Waals surface area (Å²) in [4.78, 5) is 0. The van der Waals surface area contributed by atoms with Gasteiger partial charge in [-0.1, -0.05) is 166 Å². The molecule has 47 heavy (non-hydrogen) atoms. The fourth-order valence-corrected chi connectivity index (χ4v) is 10.2. The van der Waals surface area contributed by atoms with Crippen LogP contribution in [0, 0.1) is 35.5 Å². The first-order valence-electron chi connectivity index (χ1n) is 22.1. The minimum atomic E-state index is 0.973. The van der Waals surface area contributed by atoms with E-state index >= 15 is 0 Å². The Morgan fingerprint density at radius 1 is 0.426 bits per heavy atom. The zero-order chi connectivity index (χ0) is 32.8. The zero-order valence-electron chi connectivity index (χ0n) is 32.1. The molecule has 2 saturated carbocycles. The van der Waals surface area contributed by atoms with Gasteiger partial charge in [0.15, 0.2) is 0 Å². The Bertz CT molecular complexity index is 754. The number of ether oxygens (including phenoxy) is 1. The van der Waals surface area contributed by atoms with Crippen LogP contribution in [0.3, 0.4) is 0 Å². The minimum Gasteiger partial charge on any atom is -0.381 e. The second-order valence-corrected chi connectivity index (χ2v) is 17.5. The van der Waals surface area contributed by atoms with Crippen molar-refractivity contribution in [2.75, 3.05) is 13.2 Å². The molecule has 0 aromatic rings. The number of hydrogen-bond donors (Lipinski definition) is 0. The predicted octanol–water partition coefficient (Wildman–Crippen LogP) is 15.1. The fraction of sp³-hybridized carbons (Fsp3) is 0.913. The van der Waals surface area contributed by atoms with E-state index in [1.807, 2.05) is 0 Å². The Kier molecular flexibility index (Phi) is 20.5. The van der Waals surface area contributed by atoms with E-state index < -0.39 is 0 Å². The molecule has 2 fully saturated rings.